The van der Waals surface area contributed by atoms with Crippen LogP contribution in [0.25, 0.3) is 0 Å². The Morgan fingerprint density at radius 1 is 1.26 bits per heavy atom. The van der Waals surface area contributed by atoms with Crippen molar-refractivity contribution in [2.24, 2.45) is 5.92 Å². The molecule has 2 aromatic heterocycles. The van der Waals surface area contributed by atoms with E-state index in [9.17, 15) is 5.11 Å². The molecule has 0 aromatic carbocycles. The van der Waals surface area contributed by atoms with Crippen molar-refractivity contribution in [3.63, 3.8) is 0 Å². The van der Waals surface area contributed by atoms with Crippen LogP contribution < -0.4 is 10.2 Å². The van der Waals surface area contributed by atoms with Gasteiger partial charge in [0.15, 0.2) is 5.82 Å². The molecule has 1 aliphatic heterocycles. The summed E-state index contributed by atoms with van der Waals surface area (Å²) >= 11 is 0. The second-order valence-electron chi connectivity index (χ2n) is 6.06. The first-order chi connectivity index (χ1) is 11.3. The van der Waals surface area contributed by atoms with E-state index in [1.54, 1.807) is 0 Å². The summed E-state index contributed by atoms with van der Waals surface area (Å²) in [6.07, 6.45) is 4.79. The minimum absolute atomic E-state index is 0.291. The maximum atomic E-state index is 9.28. The predicted molar refractivity (Wildman–Crippen MR) is 91.7 cm³/mol. The quantitative estimate of drug-likeness (QED) is 0.858. The van der Waals surface area contributed by atoms with E-state index in [0.717, 1.165) is 55.4 Å². The Balaban J connectivity index is 1.66. The van der Waals surface area contributed by atoms with Crippen LogP contribution in [0.4, 0.5) is 11.5 Å². The molecule has 23 heavy (non-hydrogen) atoms. The zero-order valence-electron chi connectivity index (χ0n) is 13.7. The minimum Gasteiger partial charge on any atom is -0.464 e. The highest BCUT2D eigenvalue weighted by Crippen LogP contribution is 2.28. The number of hydrogen-bond donors (Lipinski definition) is 2. The van der Waals surface area contributed by atoms with E-state index in [-0.39, 0.29) is 0 Å². The normalized spacial score (nSPS) is 15.8. The number of pyridine rings is 1. The van der Waals surface area contributed by atoms with E-state index in [1.165, 1.54) is 0 Å². The number of hydrogen-bond acceptors (Lipinski definition) is 5. The molecule has 5 nitrogen and oxygen atoms in total. The first-order valence-corrected chi connectivity index (χ1v) is 8.42. The van der Waals surface area contributed by atoms with E-state index < -0.39 is 0 Å². The van der Waals surface area contributed by atoms with Gasteiger partial charge in [-0.05, 0) is 43.0 Å². The Labute approximate surface area is 137 Å². The molecular weight excluding hydrogens is 290 g/mol. The molecular formula is C18H25N3O2. The van der Waals surface area contributed by atoms with Crippen molar-refractivity contribution in [1.82, 2.24) is 4.98 Å². The molecule has 0 bridgehead atoms. The lowest BCUT2D eigenvalue weighted by atomic mass is 9.98. The Bertz CT molecular complexity index is 618. The standard InChI is InChI=1S/C18H25N3O2/c1-2-15-5-6-16(23-15)12-20-17-4-3-9-19-18(17)21-10-7-14(13-22)8-11-21/h3-6,9,14,20,22H,2,7-8,10-13H2,1H3. The number of furan rings is 1. The van der Waals surface area contributed by atoms with Crippen LogP contribution in [0.15, 0.2) is 34.9 Å². The van der Waals surface area contributed by atoms with Gasteiger partial charge in [-0.3, -0.25) is 0 Å². The number of aromatic nitrogens is 1. The van der Waals surface area contributed by atoms with Crippen LogP contribution >= 0.6 is 0 Å². The highest BCUT2D eigenvalue weighted by atomic mass is 16.3. The molecule has 124 valence electrons. The number of aliphatic hydroxyl groups excluding tert-OH is 1. The van der Waals surface area contributed by atoms with Crippen molar-refractivity contribution in [3.05, 3.63) is 42.0 Å². The fraction of sp³-hybridized carbons (Fsp3) is 0.500. The average Bonchev–Trinajstić information content (AvgIpc) is 3.08. The minimum atomic E-state index is 0.291. The highest BCUT2D eigenvalue weighted by Gasteiger charge is 2.21. The molecule has 1 aliphatic rings. The maximum Gasteiger partial charge on any atom is 0.151 e. The van der Waals surface area contributed by atoms with Gasteiger partial charge in [-0.2, -0.15) is 0 Å². The summed E-state index contributed by atoms with van der Waals surface area (Å²) in [5.41, 5.74) is 1.03. The third-order valence-electron chi connectivity index (χ3n) is 4.48. The van der Waals surface area contributed by atoms with Gasteiger partial charge in [-0.1, -0.05) is 6.92 Å². The van der Waals surface area contributed by atoms with Crippen molar-refractivity contribution in [2.75, 3.05) is 29.9 Å². The monoisotopic (exact) mass is 315 g/mol. The Hall–Kier alpha value is -2.01. The summed E-state index contributed by atoms with van der Waals surface area (Å²) in [5.74, 6) is 3.38. The Kier molecular flexibility index (Phi) is 5.18. The van der Waals surface area contributed by atoms with Crippen LogP contribution in [0.3, 0.4) is 0 Å². The Morgan fingerprint density at radius 2 is 2.04 bits per heavy atom. The fourth-order valence-corrected chi connectivity index (χ4v) is 3.00. The van der Waals surface area contributed by atoms with Crippen LogP contribution in [0.5, 0.6) is 0 Å². The van der Waals surface area contributed by atoms with Crippen molar-refractivity contribution >= 4 is 11.5 Å². The van der Waals surface area contributed by atoms with Crippen molar-refractivity contribution in [3.8, 4) is 0 Å². The molecule has 0 aliphatic carbocycles. The summed E-state index contributed by atoms with van der Waals surface area (Å²) in [6, 6.07) is 8.06. The van der Waals surface area contributed by atoms with Gasteiger partial charge in [0.2, 0.25) is 0 Å². The molecule has 2 aromatic rings. The summed E-state index contributed by atoms with van der Waals surface area (Å²) in [6.45, 7) is 4.92. The number of aryl methyl sites for hydroxylation is 1. The summed E-state index contributed by atoms with van der Waals surface area (Å²) in [4.78, 5) is 6.86. The molecule has 0 amide bonds. The number of nitrogens with zero attached hydrogens (tertiary/aromatic N) is 2. The number of nitrogens with one attached hydrogen (secondary N) is 1. The zero-order valence-corrected chi connectivity index (χ0v) is 13.7. The first kappa shape index (κ1) is 15.9. The largest absolute Gasteiger partial charge is 0.464 e. The van der Waals surface area contributed by atoms with Gasteiger partial charge < -0.3 is 19.7 Å². The number of rotatable bonds is 6. The molecule has 0 atom stereocenters. The van der Waals surface area contributed by atoms with Gasteiger partial charge in [-0.25, -0.2) is 4.98 Å². The number of piperidine rings is 1. The molecule has 5 heteroatoms. The lowest BCUT2D eigenvalue weighted by Crippen LogP contribution is -2.35. The van der Waals surface area contributed by atoms with E-state index in [4.69, 9.17) is 4.42 Å². The third-order valence-corrected chi connectivity index (χ3v) is 4.48. The van der Waals surface area contributed by atoms with Crippen LogP contribution in [-0.4, -0.2) is 29.8 Å². The molecule has 0 unspecified atom stereocenters. The topological polar surface area (TPSA) is 61.5 Å². The van der Waals surface area contributed by atoms with Gasteiger partial charge in [0.25, 0.3) is 0 Å². The average molecular weight is 315 g/mol. The molecule has 3 rings (SSSR count). The number of anilines is 2. The van der Waals surface area contributed by atoms with Gasteiger partial charge in [-0.15, -0.1) is 0 Å². The third kappa shape index (κ3) is 3.85. The molecule has 0 saturated carbocycles. The smallest absolute Gasteiger partial charge is 0.151 e. The van der Waals surface area contributed by atoms with E-state index in [1.807, 2.05) is 24.4 Å². The summed E-state index contributed by atoms with van der Waals surface area (Å²) < 4.78 is 5.74. The van der Waals surface area contributed by atoms with E-state index >= 15 is 0 Å². The second-order valence-corrected chi connectivity index (χ2v) is 6.06. The molecule has 0 spiro atoms. The first-order valence-electron chi connectivity index (χ1n) is 8.42. The van der Waals surface area contributed by atoms with Gasteiger partial charge in [0.05, 0.1) is 12.2 Å². The second kappa shape index (κ2) is 7.51. The van der Waals surface area contributed by atoms with Gasteiger partial charge >= 0.3 is 0 Å². The van der Waals surface area contributed by atoms with Crippen molar-refractivity contribution in [1.29, 1.82) is 0 Å². The molecule has 2 N–H and O–H groups in total. The van der Waals surface area contributed by atoms with Gasteiger partial charge in [0.1, 0.15) is 11.5 Å². The fourth-order valence-electron chi connectivity index (χ4n) is 3.00. The highest BCUT2D eigenvalue weighted by molar-refractivity contribution is 5.65. The molecule has 0 radical (unpaired) electrons. The van der Waals surface area contributed by atoms with Crippen LogP contribution in [0, 0.1) is 5.92 Å². The van der Waals surface area contributed by atoms with Crippen LogP contribution in [0.1, 0.15) is 31.3 Å². The van der Waals surface area contributed by atoms with Crippen molar-refractivity contribution in [2.45, 2.75) is 32.7 Å². The zero-order chi connectivity index (χ0) is 16.1. The maximum absolute atomic E-state index is 9.28. The van der Waals surface area contributed by atoms with E-state index in [2.05, 4.69) is 28.2 Å². The van der Waals surface area contributed by atoms with E-state index in [0.29, 0.717) is 19.1 Å². The van der Waals surface area contributed by atoms with Crippen LogP contribution in [-0.2, 0) is 13.0 Å². The number of aliphatic hydroxyl groups is 1. The lowest BCUT2D eigenvalue weighted by Gasteiger charge is -2.33. The Morgan fingerprint density at radius 3 is 2.74 bits per heavy atom. The van der Waals surface area contributed by atoms with Crippen molar-refractivity contribution < 1.29 is 9.52 Å². The summed E-state index contributed by atoms with van der Waals surface area (Å²) in [7, 11) is 0. The SMILES string of the molecule is CCc1ccc(CNc2cccnc2N2CCC(CO)CC2)o1. The van der Waals surface area contributed by atoms with Gasteiger partial charge in [0, 0.05) is 32.3 Å². The summed E-state index contributed by atoms with van der Waals surface area (Å²) in [5, 5.41) is 12.7. The van der Waals surface area contributed by atoms with Crippen LogP contribution in [0.2, 0.25) is 0 Å². The lowest BCUT2D eigenvalue weighted by molar-refractivity contribution is 0.203. The molecule has 3 heterocycles. The predicted octanol–water partition coefficient (Wildman–Crippen LogP) is 3.06. The molecule has 1 fully saturated rings. The molecule has 1 saturated heterocycles.